The maximum Gasteiger partial charge on any atom is 0.124 e. The molecule has 0 radical (unpaired) electrons. The number of rotatable bonds is 10. The van der Waals surface area contributed by atoms with Crippen molar-refractivity contribution in [3.8, 4) is 5.75 Å². The van der Waals surface area contributed by atoms with Crippen molar-refractivity contribution in [1.82, 2.24) is 5.32 Å². The number of benzene rings is 1. The van der Waals surface area contributed by atoms with E-state index in [0.717, 1.165) is 31.0 Å². The molecule has 114 valence electrons. The first-order chi connectivity index (χ1) is 9.72. The van der Waals surface area contributed by atoms with E-state index in [9.17, 15) is 0 Å². The summed E-state index contributed by atoms with van der Waals surface area (Å²) >= 11 is 0. The van der Waals surface area contributed by atoms with Crippen LogP contribution in [0.1, 0.15) is 45.3 Å². The van der Waals surface area contributed by atoms with Crippen molar-refractivity contribution in [3.05, 3.63) is 29.8 Å². The summed E-state index contributed by atoms with van der Waals surface area (Å²) in [4.78, 5) is 0. The standard InChI is InChI=1S/C17H29NO2/c1-5-9-14(3)13-20-17(12-18-6-2)15-10-7-8-11-16(15)19-4/h7-8,10-11,14,17-18H,5-6,9,12-13H2,1-4H3. The van der Waals surface area contributed by atoms with E-state index in [1.807, 2.05) is 18.2 Å². The van der Waals surface area contributed by atoms with Gasteiger partial charge in [-0.3, -0.25) is 0 Å². The number of para-hydroxylation sites is 1. The van der Waals surface area contributed by atoms with Crippen molar-refractivity contribution in [2.45, 2.75) is 39.7 Å². The van der Waals surface area contributed by atoms with Crippen molar-refractivity contribution in [2.75, 3.05) is 26.8 Å². The molecule has 3 nitrogen and oxygen atoms in total. The summed E-state index contributed by atoms with van der Waals surface area (Å²) < 4.78 is 11.6. The Morgan fingerprint density at radius 2 is 1.95 bits per heavy atom. The number of methoxy groups -OCH3 is 1. The summed E-state index contributed by atoms with van der Waals surface area (Å²) in [7, 11) is 1.71. The van der Waals surface area contributed by atoms with Crippen LogP contribution in [0.15, 0.2) is 24.3 Å². The summed E-state index contributed by atoms with van der Waals surface area (Å²) in [5.74, 6) is 1.50. The highest BCUT2D eigenvalue weighted by Gasteiger charge is 2.17. The summed E-state index contributed by atoms with van der Waals surface area (Å²) in [6.45, 7) is 9.12. The fraction of sp³-hybridized carbons (Fsp3) is 0.647. The van der Waals surface area contributed by atoms with Crippen molar-refractivity contribution in [2.24, 2.45) is 5.92 Å². The van der Waals surface area contributed by atoms with E-state index < -0.39 is 0 Å². The van der Waals surface area contributed by atoms with Crippen molar-refractivity contribution in [1.29, 1.82) is 0 Å². The predicted octanol–water partition coefficient (Wildman–Crippen LogP) is 3.80. The Morgan fingerprint density at radius 3 is 2.60 bits per heavy atom. The molecule has 1 rings (SSSR count). The van der Waals surface area contributed by atoms with E-state index in [-0.39, 0.29) is 6.10 Å². The maximum atomic E-state index is 6.14. The lowest BCUT2D eigenvalue weighted by Gasteiger charge is -2.22. The monoisotopic (exact) mass is 279 g/mol. The van der Waals surface area contributed by atoms with Gasteiger partial charge < -0.3 is 14.8 Å². The van der Waals surface area contributed by atoms with Crippen molar-refractivity contribution in [3.63, 3.8) is 0 Å². The van der Waals surface area contributed by atoms with E-state index in [1.165, 1.54) is 12.8 Å². The largest absolute Gasteiger partial charge is 0.496 e. The first kappa shape index (κ1) is 17.0. The highest BCUT2D eigenvalue weighted by molar-refractivity contribution is 5.35. The Hall–Kier alpha value is -1.06. The van der Waals surface area contributed by atoms with Gasteiger partial charge in [0, 0.05) is 12.1 Å². The Balaban J connectivity index is 2.72. The molecule has 2 atom stereocenters. The van der Waals surface area contributed by atoms with Gasteiger partial charge in [0.1, 0.15) is 5.75 Å². The van der Waals surface area contributed by atoms with Gasteiger partial charge in [0.25, 0.3) is 0 Å². The molecular formula is C17H29NO2. The van der Waals surface area contributed by atoms with Crippen LogP contribution in [-0.4, -0.2) is 26.8 Å². The number of hydrogen-bond donors (Lipinski definition) is 1. The van der Waals surface area contributed by atoms with Gasteiger partial charge in [-0.05, 0) is 24.9 Å². The molecular weight excluding hydrogens is 250 g/mol. The van der Waals surface area contributed by atoms with Crippen LogP contribution in [0, 0.1) is 5.92 Å². The molecule has 0 aliphatic carbocycles. The second-order valence-electron chi connectivity index (χ2n) is 5.27. The Bertz CT molecular complexity index is 368. The molecule has 0 bridgehead atoms. The smallest absolute Gasteiger partial charge is 0.124 e. The van der Waals surface area contributed by atoms with Gasteiger partial charge >= 0.3 is 0 Å². The molecule has 1 N–H and O–H groups in total. The average molecular weight is 279 g/mol. The Kier molecular flexibility index (Phi) is 8.31. The molecule has 0 amide bonds. The van der Waals surface area contributed by atoms with Gasteiger partial charge in [0.05, 0.1) is 19.8 Å². The number of hydrogen-bond acceptors (Lipinski definition) is 3. The summed E-state index contributed by atoms with van der Waals surface area (Å²) in [5.41, 5.74) is 1.12. The van der Waals surface area contributed by atoms with E-state index in [2.05, 4.69) is 32.2 Å². The van der Waals surface area contributed by atoms with Gasteiger partial charge in [-0.15, -0.1) is 0 Å². The second-order valence-corrected chi connectivity index (χ2v) is 5.27. The highest BCUT2D eigenvalue weighted by Crippen LogP contribution is 2.27. The van der Waals surface area contributed by atoms with Gasteiger partial charge in [-0.25, -0.2) is 0 Å². The highest BCUT2D eigenvalue weighted by atomic mass is 16.5. The van der Waals surface area contributed by atoms with Crippen LogP contribution in [0.25, 0.3) is 0 Å². The van der Waals surface area contributed by atoms with Crippen LogP contribution in [0.2, 0.25) is 0 Å². The van der Waals surface area contributed by atoms with E-state index in [4.69, 9.17) is 9.47 Å². The summed E-state index contributed by atoms with van der Waals surface area (Å²) in [5, 5.41) is 3.37. The van der Waals surface area contributed by atoms with Crippen LogP contribution in [0.3, 0.4) is 0 Å². The van der Waals surface area contributed by atoms with Gasteiger partial charge in [-0.2, -0.15) is 0 Å². The third kappa shape index (κ3) is 5.51. The molecule has 0 saturated carbocycles. The second kappa shape index (κ2) is 9.78. The normalized spacial score (nSPS) is 14.0. The lowest BCUT2D eigenvalue weighted by atomic mass is 10.1. The van der Waals surface area contributed by atoms with E-state index in [0.29, 0.717) is 5.92 Å². The quantitative estimate of drug-likeness (QED) is 0.706. The fourth-order valence-corrected chi connectivity index (χ4v) is 2.32. The molecule has 0 fully saturated rings. The van der Waals surface area contributed by atoms with Crippen LogP contribution >= 0.6 is 0 Å². The predicted molar refractivity (Wildman–Crippen MR) is 84.3 cm³/mol. The number of nitrogens with one attached hydrogen (secondary N) is 1. The van der Waals surface area contributed by atoms with Gasteiger partial charge in [0.2, 0.25) is 0 Å². The van der Waals surface area contributed by atoms with Crippen LogP contribution < -0.4 is 10.1 Å². The Morgan fingerprint density at radius 1 is 1.20 bits per heavy atom. The number of ether oxygens (including phenoxy) is 2. The summed E-state index contributed by atoms with van der Waals surface area (Å²) in [6.07, 6.45) is 2.46. The van der Waals surface area contributed by atoms with Gasteiger partial charge in [-0.1, -0.05) is 45.4 Å². The molecule has 0 aliphatic heterocycles. The van der Waals surface area contributed by atoms with E-state index in [1.54, 1.807) is 7.11 Å². The topological polar surface area (TPSA) is 30.5 Å². The van der Waals surface area contributed by atoms with Crippen molar-refractivity contribution >= 4 is 0 Å². The molecule has 0 saturated heterocycles. The summed E-state index contributed by atoms with van der Waals surface area (Å²) in [6, 6.07) is 8.11. The van der Waals surface area contributed by atoms with Crippen molar-refractivity contribution < 1.29 is 9.47 Å². The zero-order valence-corrected chi connectivity index (χ0v) is 13.3. The van der Waals surface area contributed by atoms with Crippen LogP contribution in [-0.2, 0) is 4.74 Å². The molecule has 0 heterocycles. The molecule has 0 aromatic heterocycles. The fourth-order valence-electron chi connectivity index (χ4n) is 2.32. The molecule has 0 spiro atoms. The third-order valence-electron chi connectivity index (χ3n) is 3.43. The molecule has 1 aromatic rings. The number of likely N-dealkylation sites (N-methyl/N-ethyl adjacent to an activating group) is 1. The zero-order chi connectivity index (χ0) is 14.8. The maximum absolute atomic E-state index is 6.14. The van der Waals surface area contributed by atoms with Crippen LogP contribution in [0.4, 0.5) is 0 Å². The molecule has 1 aromatic carbocycles. The van der Waals surface area contributed by atoms with Gasteiger partial charge in [0.15, 0.2) is 0 Å². The lowest BCUT2D eigenvalue weighted by molar-refractivity contribution is 0.0289. The lowest BCUT2D eigenvalue weighted by Crippen LogP contribution is -2.25. The minimum atomic E-state index is 0.0467. The molecule has 0 aliphatic rings. The first-order valence-corrected chi connectivity index (χ1v) is 7.68. The molecule has 2 unspecified atom stereocenters. The molecule has 3 heteroatoms. The first-order valence-electron chi connectivity index (χ1n) is 7.68. The minimum Gasteiger partial charge on any atom is -0.496 e. The SMILES string of the molecule is CCCC(C)COC(CNCC)c1ccccc1OC. The van der Waals surface area contributed by atoms with Crippen LogP contribution in [0.5, 0.6) is 5.75 Å². The molecule has 20 heavy (non-hydrogen) atoms. The average Bonchev–Trinajstić information content (AvgIpc) is 2.48. The Labute approximate surface area is 123 Å². The third-order valence-corrected chi connectivity index (χ3v) is 3.43. The zero-order valence-electron chi connectivity index (χ0n) is 13.3. The minimum absolute atomic E-state index is 0.0467. The van der Waals surface area contributed by atoms with E-state index >= 15 is 0 Å².